The second-order valence-electron chi connectivity index (χ2n) is 4.04. The van der Waals surface area contributed by atoms with Gasteiger partial charge in [0.15, 0.2) is 5.69 Å². The average molecular weight is 250 g/mol. The minimum atomic E-state index is -0.585. The van der Waals surface area contributed by atoms with Crippen LogP contribution in [0.15, 0.2) is 18.2 Å². The topological polar surface area (TPSA) is 47.8 Å². The number of aromatic nitrogens is 3. The lowest BCUT2D eigenvalue weighted by Gasteiger charge is -2.02. The average Bonchev–Trinajstić information content (AvgIpc) is 2.59. The molecule has 2 rings (SSSR count). The van der Waals surface area contributed by atoms with Crippen LogP contribution in [0.3, 0.4) is 0 Å². The summed E-state index contributed by atoms with van der Waals surface area (Å²) >= 11 is 5.42. The minimum Gasteiger partial charge on any atom is -0.274 e. The summed E-state index contributed by atoms with van der Waals surface area (Å²) in [7, 11) is 0. The summed E-state index contributed by atoms with van der Waals surface area (Å²) in [6.45, 7) is 5.71. The van der Waals surface area contributed by atoms with E-state index in [1.54, 1.807) is 6.92 Å². The van der Waals surface area contributed by atoms with Gasteiger partial charge in [-0.1, -0.05) is 6.07 Å². The standard InChI is InChI=1S/C12H12ClN3O/c1-7-4-8(2)6-10(5-7)16-14-9(3)11(15-16)12(13)17/h4-6H,1-3H3. The van der Waals surface area contributed by atoms with Crippen LogP contribution in [0.2, 0.25) is 0 Å². The van der Waals surface area contributed by atoms with Crippen molar-refractivity contribution >= 4 is 16.8 Å². The van der Waals surface area contributed by atoms with Gasteiger partial charge in [-0.3, -0.25) is 4.79 Å². The second kappa shape index (κ2) is 4.30. The molecule has 2 aromatic rings. The first-order valence-corrected chi connectivity index (χ1v) is 5.57. The number of hydrogen-bond donors (Lipinski definition) is 0. The maximum absolute atomic E-state index is 11.1. The second-order valence-corrected chi connectivity index (χ2v) is 4.39. The number of carbonyl (C=O) groups is 1. The van der Waals surface area contributed by atoms with E-state index >= 15 is 0 Å². The highest BCUT2D eigenvalue weighted by atomic mass is 35.5. The van der Waals surface area contributed by atoms with Crippen LogP contribution in [0.5, 0.6) is 0 Å². The number of aryl methyl sites for hydroxylation is 3. The molecule has 1 aromatic heterocycles. The van der Waals surface area contributed by atoms with Crippen LogP contribution >= 0.6 is 11.6 Å². The van der Waals surface area contributed by atoms with E-state index in [0.717, 1.165) is 16.8 Å². The zero-order valence-corrected chi connectivity index (χ0v) is 10.6. The van der Waals surface area contributed by atoms with Crippen LogP contribution in [-0.2, 0) is 0 Å². The van der Waals surface area contributed by atoms with Crippen LogP contribution < -0.4 is 0 Å². The van der Waals surface area contributed by atoms with Crippen LogP contribution in [0, 0.1) is 20.8 Å². The fourth-order valence-electron chi connectivity index (χ4n) is 1.74. The van der Waals surface area contributed by atoms with Crippen molar-refractivity contribution < 1.29 is 4.79 Å². The quantitative estimate of drug-likeness (QED) is 0.769. The van der Waals surface area contributed by atoms with Crippen LogP contribution in [0.1, 0.15) is 27.3 Å². The van der Waals surface area contributed by atoms with Gasteiger partial charge in [-0.25, -0.2) is 0 Å². The summed E-state index contributed by atoms with van der Waals surface area (Å²) in [6.07, 6.45) is 0. The SMILES string of the molecule is Cc1cc(C)cc(-n2nc(C)c(C(=O)Cl)n2)c1. The highest BCUT2D eigenvalue weighted by Crippen LogP contribution is 2.14. The largest absolute Gasteiger partial charge is 0.274 e. The normalized spacial score (nSPS) is 10.6. The van der Waals surface area contributed by atoms with Gasteiger partial charge in [0.25, 0.3) is 5.24 Å². The molecular formula is C12H12ClN3O. The van der Waals surface area contributed by atoms with Gasteiger partial charge < -0.3 is 0 Å². The first-order valence-electron chi connectivity index (χ1n) is 5.20. The summed E-state index contributed by atoms with van der Waals surface area (Å²) in [5.74, 6) is 0. The molecule has 0 radical (unpaired) electrons. The van der Waals surface area contributed by atoms with Crippen molar-refractivity contribution in [2.45, 2.75) is 20.8 Å². The van der Waals surface area contributed by atoms with E-state index in [2.05, 4.69) is 16.3 Å². The van der Waals surface area contributed by atoms with Crippen molar-refractivity contribution in [3.05, 3.63) is 40.7 Å². The third-order valence-electron chi connectivity index (χ3n) is 2.41. The molecule has 0 saturated heterocycles. The molecule has 0 unspecified atom stereocenters. The molecule has 0 N–H and O–H groups in total. The van der Waals surface area contributed by atoms with Crippen molar-refractivity contribution in [2.75, 3.05) is 0 Å². The van der Waals surface area contributed by atoms with E-state index in [1.165, 1.54) is 4.80 Å². The molecule has 0 amide bonds. The number of hydrogen-bond acceptors (Lipinski definition) is 3. The molecule has 0 aliphatic rings. The molecule has 0 fully saturated rings. The van der Waals surface area contributed by atoms with E-state index in [4.69, 9.17) is 11.6 Å². The maximum atomic E-state index is 11.1. The zero-order valence-electron chi connectivity index (χ0n) is 9.86. The lowest BCUT2D eigenvalue weighted by atomic mass is 10.1. The van der Waals surface area contributed by atoms with Gasteiger partial charge >= 0.3 is 0 Å². The molecule has 0 aliphatic heterocycles. The van der Waals surface area contributed by atoms with E-state index in [0.29, 0.717) is 5.69 Å². The van der Waals surface area contributed by atoms with E-state index in [1.807, 2.05) is 26.0 Å². The molecule has 17 heavy (non-hydrogen) atoms. The number of benzene rings is 1. The molecule has 1 heterocycles. The lowest BCUT2D eigenvalue weighted by molar-refractivity contribution is 0.107. The summed E-state index contributed by atoms with van der Waals surface area (Å²) < 4.78 is 0. The van der Waals surface area contributed by atoms with Crippen LogP contribution in [0.25, 0.3) is 5.69 Å². The van der Waals surface area contributed by atoms with Crippen molar-refractivity contribution in [3.8, 4) is 5.69 Å². The van der Waals surface area contributed by atoms with E-state index in [-0.39, 0.29) is 5.69 Å². The zero-order chi connectivity index (χ0) is 12.6. The van der Waals surface area contributed by atoms with Crippen LogP contribution in [0.4, 0.5) is 0 Å². The fourth-order valence-corrected chi connectivity index (χ4v) is 1.92. The van der Waals surface area contributed by atoms with Crippen molar-refractivity contribution in [1.29, 1.82) is 0 Å². The Morgan fingerprint density at radius 2 is 1.71 bits per heavy atom. The summed E-state index contributed by atoms with van der Waals surface area (Å²) in [5.41, 5.74) is 3.80. The van der Waals surface area contributed by atoms with Gasteiger partial charge in [0.1, 0.15) is 0 Å². The Morgan fingerprint density at radius 1 is 1.12 bits per heavy atom. The predicted octanol–water partition coefficient (Wildman–Crippen LogP) is 2.57. The highest BCUT2D eigenvalue weighted by Gasteiger charge is 2.14. The molecule has 0 bridgehead atoms. The minimum absolute atomic E-state index is 0.200. The fraction of sp³-hybridized carbons (Fsp3) is 0.250. The molecule has 0 saturated carbocycles. The van der Waals surface area contributed by atoms with Gasteiger partial charge in [-0.05, 0) is 55.6 Å². The Hall–Kier alpha value is -1.68. The molecule has 1 aromatic carbocycles. The molecule has 0 spiro atoms. The van der Waals surface area contributed by atoms with Gasteiger partial charge in [-0.15, -0.1) is 5.10 Å². The van der Waals surface area contributed by atoms with Crippen molar-refractivity contribution in [2.24, 2.45) is 0 Å². The molecule has 0 atom stereocenters. The van der Waals surface area contributed by atoms with E-state index in [9.17, 15) is 4.79 Å². The summed E-state index contributed by atoms with van der Waals surface area (Å²) in [4.78, 5) is 12.5. The van der Waals surface area contributed by atoms with Crippen molar-refractivity contribution in [1.82, 2.24) is 15.0 Å². The lowest BCUT2D eigenvalue weighted by Crippen LogP contribution is -2.01. The molecular weight excluding hydrogens is 238 g/mol. The smallest absolute Gasteiger partial charge is 0.274 e. The Labute approximate surface area is 104 Å². The molecule has 88 valence electrons. The first-order chi connectivity index (χ1) is 7.97. The first kappa shape index (κ1) is 11.8. The summed E-state index contributed by atoms with van der Waals surface area (Å²) in [5, 5.41) is 7.69. The molecule has 0 aliphatic carbocycles. The third kappa shape index (κ3) is 2.36. The number of rotatable bonds is 2. The Balaban J connectivity index is 2.53. The van der Waals surface area contributed by atoms with E-state index < -0.39 is 5.24 Å². The van der Waals surface area contributed by atoms with Gasteiger partial charge in [-0.2, -0.15) is 9.90 Å². The highest BCUT2D eigenvalue weighted by molar-refractivity contribution is 6.67. The maximum Gasteiger partial charge on any atom is 0.274 e. The number of halogens is 1. The predicted molar refractivity (Wildman–Crippen MR) is 65.8 cm³/mol. The van der Waals surface area contributed by atoms with Gasteiger partial charge in [0.05, 0.1) is 11.4 Å². The molecule has 4 nitrogen and oxygen atoms in total. The third-order valence-corrected chi connectivity index (χ3v) is 2.58. The number of carbonyl (C=O) groups excluding carboxylic acids is 1. The Morgan fingerprint density at radius 3 is 2.18 bits per heavy atom. The Bertz CT molecular complexity index is 569. The van der Waals surface area contributed by atoms with Crippen molar-refractivity contribution in [3.63, 3.8) is 0 Å². The number of nitrogens with zero attached hydrogens (tertiary/aromatic N) is 3. The summed E-state index contributed by atoms with van der Waals surface area (Å²) in [6, 6.07) is 5.97. The molecule has 5 heteroatoms. The van der Waals surface area contributed by atoms with Crippen LogP contribution in [-0.4, -0.2) is 20.2 Å². The Kier molecular flexibility index (Phi) is 2.98. The monoisotopic (exact) mass is 249 g/mol. The van der Waals surface area contributed by atoms with Gasteiger partial charge in [0, 0.05) is 0 Å². The van der Waals surface area contributed by atoms with Gasteiger partial charge in [0.2, 0.25) is 0 Å².